The summed E-state index contributed by atoms with van der Waals surface area (Å²) in [6, 6.07) is 6.77. The lowest BCUT2D eigenvalue weighted by molar-refractivity contribution is 0.386. The summed E-state index contributed by atoms with van der Waals surface area (Å²) in [7, 11) is 1.44. The van der Waals surface area contributed by atoms with Crippen molar-refractivity contribution in [2.24, 2.45) is 5.92 Å². The lowest BCUT2D eigenvalue weighted by Gasteiger charge is -2.13. The lowest BCUT2D eigenvalue weighted by atomic mass is 10.1. The summed E-state index contributed by atoms with van der Waals surface area (Å²) in [5.41, 5.74) is 2.87. The summed E-state index contributed by atoms with van der Waals surface area (Å²) in [6.45, 7) is 6.77. The molecule has 0 aliphatic heterocycles. The first-order chi connectivity index (χ1) is 12.9. The minimum atomic E-state index is -0.391. The van der Waals surface area contributed by atoms with Crippen molar-refractivity contribution in [3.05, 3.63) is 51.7 Å². The van der Waals surface area contributed by atoms with Gasteiger partial charge in [0.1, 0.15) is 5.52 Å². The Morgan fingerprint density at radius 1 is 1.33 bits per heavy atom. The van der Waals surface area contributed by atoms with E-state index in [-0.39, 0.29) is 11.3 Å². The molecule has 0 atom stereocenters. The zero-order valence-corrected chi connectivity index (χ0v) is 16.8. The minimum Gasteiger partial charge on any atom is -0.494 e. The summed E-state index contributed by atoms with van der Waals surface area (Å²) in [5.74, 6) is 0.827. The molecule has 7 heteroatoms. The number of rotatable bonds is 7. The number of hydrogen-bond acceptors (Lipinski definition) is 4. The van der Waals surface area contributed by atoms with Gasteiger partial charge in [-0.15, -0.1) is 0 Å². The van der Waals surface area contributed by atoms with Gasteiger partial charge in [-0.3, -0.25) is 9.36 Å². The number of aryl methyl sites for hydroxylation is 1. The molecule has 2 heterocycles. The van der Waals surface area contributed by atoms with E-state index in [0.717, 1.165) is 17.7 Å². The number of aromatic nitrogens is 3. The van der Waals surface area contributed by atoms with Gasteiger partial charge in [0, 0.05) is 18.0 Å². The molecule has 1 N–H and O–H groups in total. The van der Waals surface area contributed by atoms with Gasteiger partial charge in [-0.1, -0.05) is 31.7 Å². The second kappa shape index (κ2) is 8.17. The van der Waals surface area contributed by atoms with E-state index >= 15 is 0 Å². The average Bonchev–Trinajstić information content (AvgIpc) is 3.00. The molecule has 3 rings (SSSR count). The van der Waals surface area contributed by atoms with Crippen LogP contribution in [0.25, 0.3) is 11.0 Å². The normalized spacial score (nSPS) is 11.5. The molecular weight excluding hydrogens is 365 g/mol. The first kappa shape index (κ1) is 19.5. The van der Waals surface area contributed by atoms with Crippen LogP contribution in [0.1, 0.15) is 31.5 Å². The average molecular weight is 389 g/mol. The minimum absolute atomic E-state index is 0.0582. The summed E-state index contributed by atoms with van der Waals surface area (Å²) in [4.78, 5) is 20.7. The van der Waals surface area contributed by atoms with Gasteiger partial charge in [-0.25, -0.2) is 9.37 Å². The quantitative estimate of drug-likeness (QED) is 0.477. The van der Waals surface area contributed by atoms with E-state index in [2.05, 4.69) is 23.8 Å². The van der Waals surface area contributed by atoms with Crippen LogP contribution in [0.4, 0.5) is 4.39 Å². The van der Waals surface area contributed by atoms with Crippen LogP contribution in [0.5, 0.6) is 5.75 Å². The highest BCUT2D eigenvalue weighted by Gasteiger charge is 2.14. The number of thioether (sulfide) groups is 1. The van der Waals surface area contributed by atoms with E-state index in [4.69, 9.17) is 4.74 Å². The molecule has 0 amide bonds. The number of ether oxygens (including phenoxy) is 1. The largest absolute Gasteiger partial charge is 0.494 e. The number of halogens is 1. The maximum absolute atomic E-state index is 13.9. The molecule has 0 saturated carbocycles. The molecule has 0 unspecified atom stereocenters. The number of methoxy groups -OCH3 is 1. The summed E-state index contributed by atoms with van der Waals surface area (Å²) < 4.78 is 20.6. The van der Waals surface area contributed by atoms with E-state index in [1.165, 1.54) is 24.9 Å². The van der Waals surface area contributed by atoms with Crippen LogP contribution in [-0.2, 0) is 12.3 Å². The highest BCUT2D eigenvalue weighted by Crippen LogP contribution is 2.25. The highest BCUT2D eigenvalue weighted by atomic mass is 32.2. The Labute approximate surface area is 162 Å². The van der Waals surface area contributed by atoms with Crippen molar-refractivity contribution in [2.45, 2.75) is 44.6 Å². The van der Waals surface area contributed by atoms with Crippen LogP contribution in [-0.4, -0.2) is 21.6 Å². The number of H-pyrrole nitrogens is 1. The SMILES string of the molecule is COc1ccc(CSc2nc3cc(C)[nH]c3c(=O)n2CCC(C)C)cc1F. The number of hydrogen-bond donors (Lipinski definition) is 1. The Morgan fingerprint density at radius 2 is 2.11 bits per heavy atom. The molecule has 0 spiro atoms. The van der Waals surface area contributed by atoms with Crippen molar-refractivity contribution < 1.29 is 9.13 Å². The fraction of sp³-hybridized carbons (Fsp3) is 0.400. The monoisotopic (exact) mass is 389 g/mol. The molecule has 0 fully saturated rings. The lowest BCUT2D eigenvalue weighted by Crippen LogP contribution is -2.24. The van der Waals surface area contributed by atoms with Gasteiger partial charge in [0.2, 0.25) is 0 Å². The molecule has 144 valence electrons. The van der Waals surface area contributed by atoms with Gasteiger partial charge < -0.3 is 9.72 Å². The van der Waals surface area contributed by atoms with Crippen molar-refractivity contribution in [2.75, 3.05) is 7.11 Å². The van der Waals surface area contributed by atoms with Crippen molar-refractivity contribution in [1.29, 1.82) is 0 Å². The Kier molecular flexibility index (Phi) is 5.89. The van der Waals surface area contributed by atoms with Crippen LogP contribution in [0.2, 0.25) is 0 Å². The topological polar surface area (TPSA) is 59.9 Å². The van der Waals surface area contributed by atoms with Crippen LogP contribution in [0.15, 0.2) is 34.2 Å². The Bertz CT molecular complexity index is 1010. The zero-order valence-electron chi connectivity index (χ0n) is 16.0. The predicted octanol–water partition coefficient (Wildman–Crippen LogP) is 4.52. The molecule has 0 aliphatic rings. The standard InChI is InChI=1S/C20H24FN3O2S/c1-12(2)7-8-24-19(25)18-16(9-13(3)22-18)23-20(24)27-11-14-5-6-17(26-4)15(21)10-14/h5-6,9-10,12,22H,7-8,11H2,1-4H3. The maximum atomic E-state index is 13.9. The molecule has 0 radical (unpaired) electrons. The van der Waals surface area contributed by atoms with Crippen LogP contribution >= 0.6 is 11.8 Å². The predicted molar refractivity (Wildman–Crippen MR) is 107 cm³/mol. The number of nitrogens with one attached hydrogen (secondary N) is 1. The van der Waals surface area contributed by atoms with E-state index in [1.54, 1.807) is 10.6 Å². The molecule has 2 aromatic heterocycles. The third-order valence-corrected chi connectivity index (χ3v) is 5.40. The molecule has 27 heavy (non-hydrogen) atoms. The Morgan fingerprint density at radius 3 is 2.78 bits per heavy atom. The molecular formula is C20H24FN3O2S. The number of aromatic amines is 1. The van der Waals surface area contributed by atoms with Gasteiger partial charge >= 0.3 is 0 Å². The van der Waals surface area contributed by atoms with Crippen LogP contribution in [0.3, 0.4) is 0 Å². The number of fused-ring (bicyclic) bond motifs is 1. The smallest absolute Gasteiger partial charge is 0.278 e. The summed E-state index contributed by atoms with van der Waals surface area (Å²) >= 11 is 1.44. The second-order valence-corrected chi connectivity index (χ2v) is 7.95. The number of benzene rings is 1. The maximum Gasteiger partial charge on any atom is 0.278 e. The number of nitrogens with zero attached hydrogens (tertiary/aromatic N) is 2. The molecule has 3 aromatic rings. The highest BCUT2D eigenvalue weighted by molar-refractivity contribution is 7.98. The van der Waals surface area contributed by atoms with Crippen molar-refractivity contribution in [3.63, 3.8) is 0 Å². The van der Waals surface area contributed by atoms with Crippen molar-refractivity contribution in [1.82, 2.24) is 14.5 Å². The van der Waals surface area contributed by atoms with E-state index in [0.29, 0.717) is 34.4 Å². The van der Waals surface area contributed by atoms with Crippen LogP contribution in [0, 0.1) is 18.7 Å². The zero-order chi connectivity index (χ0) is 19.6. The first-order valence-electron chi connectivity index (χ1n) is 8.94. The summed E-state index contributed by atoms with van der Waals surface area (Å²) in [5, 5.41) is 0.656. The Balaban J connectivity index is 1.92. The Hall–Kier alpha value is -2.28. The third kappa shape index (κ3) is 4.35. The van der Waals surface area contributed by atoms with Gasteiger partial charge in [0.15, 0.2) is 16.7 Å². The van der Waals surface area contributed by atoms with E-state index in [1.807, 2.05) is 19.1 Å². The molecule has 1 aromatic carbocycles. The van der Waals surface area contributed by atoms with E-state index < -0.39 is 5.82 Å². The molecule has 5 nitrogen and oxygen atoms in total. The van der Waals surface area contributed by atoms with Crippen molar-refractivity contribution >= 4 is 22.8 Å². The molecule has 0 bridgehead atoms. The first-order valence-corrected chi connectivity index (χ1v) is 9.93. The van der Waals surface area contributed by atoms with Gasteiger partial charge in [-0.05, 0) is 43.0 Å². The molecule has 0 aliphatic carbocycles. The summed E-state index contributed by atoms with van der Waals surface area (Å²) in [6.07, 6.45) is 0.886. The van der Waals surface area contributed by atoms with Gasteiger partial charge in [0.25, 0.3) is 5.56 Å². The second-order valence-electron chi connectivity index (χ2n) is 7.00. The van der Waals surface area contributed by atoms with Crippen LogP contribution < -0.4 is 10.3 Å². The third-order valence-electron chi connectivity index (χ3n) is 4.35. The molecule has 0 saturated heterocycles. The fourth-order valence-electron chi connectivity index (χ4n) is 2.85. The van der Waals surface area contributed by atoms with E-state index in [9.17, 15) is 9.18 Å². The van der Waals surface area contributed by atoms with Crippen molar-refractivity contribution in [3.8, 4) is 5.75 Å². The fourth-order valence-corrected chi connectivity index (χ4v) is 3.82. The van der Waals surface area contributed by atoms with Gasteiger partial charge in [0.05, 0.1) is 12.6 Å². The van der Waals surface area contributed by atoms with Gasteiger partial charge in [-0.2, -0.15) is 0 Å².